The van der Waals surface area contributed by atoms with Gasteiger partial charge in [0.15, 0.2) is 5.79 Å². The number of aliphatic hydroxyl groups excluding tert-OH is 1. The summed E-state index contributed by atoms with van der Waals surface area (Å²) in [6.45, 7) is 13.2. The van der Waals surface area contributed by atoms with E-state index in [4.69, 9.17) is 28.8 Å². The van der Waals surface area contributed by atoms with Gasteiger partial charge < -0.3 is 28.8 Å². The van der Waals surface area contributed by atoms with Crippen molar-refractivity contribution in [2.45, 2.75) is 77.5 Å². The van der Waals surface area contributed by atoms with Gasteiger partial charge in [-0.05, 0) is 53.9 Å². The van der Waals surface area contributed by atoms with Gasteiger partial charge in [0.25, 0.3) is 0 Å². The van der Waals surface area contributed by atoms with Crippen molar-refractivity contribution in [3.8, 4) is 0 Å². The van der Waals surface area contributed by atoms with Crippen LogP contribution in [-0.2, 0) is 23.7 Å². The fourth-order valence-electron chi connectivity index (χ4n) is 2.82. The molecule has 2 unspecified atom stereocenters. The first kappa shape index (κ1) is 21.8. The molecule has 1 N–H and O–H groups in total. The van der Waals surface area contributed by atoms with Crippen LogP contribution in [0, 0.1) is 0 Å². The van der Waals surface area contributed by atoms with E-state index in [1.165, 1.54) is 6.42 Å². The molecular formula is C18H36O6. The summed E-state index contributed by atoms with van der Waals surface area (Å²) in [6.07, 6.45) is 3.75. The van der Waals surface area contributed by atoms with Crippen LogP contribution in [0.4, 0.5) is 0 Å². The molecule has 0 aliphatic carbocycles. The zero-order valence-corrected chi connectivity index (χ0v) is 16.0. The van der Waals surface area contributed by atoms with Crippen molar-refractivity contribution >= 4 is 0 Å². The van der Waals surface area contributed by atoms with E-state index in [2.05, 4.69) is 13.8 Å². The number of hydrogen-bond donors (Lipinski definition) is 1. The van der Waals surface area contributed by atoms with Crippen LogP contribution in [0.1, 0.15) is 53.9 Å². The van der Waals surface area contributed by atoms with Crippen molar-refractivity contribution in [2.75, 3.05) is 39.6 Å². The summed E-state index contributed by atoms with van der Waals surface area (Å²) in [5.74, 6) is -0.415. The van der Waals surface area contributed by atoms with Gasteiger partial charge in [-0.2, -0.15) is 0 Å². The zero-order valence-electron chi connectivity index (χ0n) is 16.0. The largest absolute Gasteiger partial charge is 0.394 e. The molecule has 0 saturated carbocycles. The summed E-state index contributed by atoms with van der Waals surface area (Å²) in [4.78, 5) is 0. The summed E-state index contributed by atoms with van der Waals surface area (Å²) in [7, 11) is 0. The average molecular weight is 348 g/mol. The lowest BCUT2D eigenvalue weighted by Gasteiger charge is -2.35. The Balaban J connectivity index is 0.000000243. The Kier molecular flexibility index (Phi) is 9.71. The molecule has 24 heavy (non-hydrogen) atoms. The molecule has 144 valence electrons. The maximum atomic E-state index is 8.53. The number of rotatable bonds is 7. The van der Waals surface area contributed by atoms with Gasteiger partial charge in [-0.25, -0.2) is 0 Å². The molecule has 2 aliphatic heterocycles. The Bertz CT molecular complexity index is 331. The van der Waals surface area contributed by atoms with Crippen LogP contribution in [0.5, 0.6) is 0 Å². The molecule has 0 aromatic carbocycles. The average Bonchev–Trinajstić information content (AvgIpc) is 2.84. The topological polar surface area (TPSA) is 66.4 Å². The van der Waals surface area contributed by atoms with E-state index in [0.717, 1.165) is 19.4 Å². The van der Waals surface area contributed by atoms with E-state index >= 15 is 0 Å². The molecule has 2 aliphatic rings. The number of hydrogen-bond acceptors (Lipinski definition) is 6. The zero-order chi connectivity index (χ0) is 18.1. The van der Waals surface area contributed by atoms with E-state index < -0.39 is 5.79 Å². The third-order valence-corrected chi connectivity index (χ3v) is 3.91. The van der Waals surface area contributed by atoms with E-state index in [9.17, 15) is 0 Å². The van der Waals surface area contributed by atoms with Crippen molar-refractivity contribution in [1.82, 2.24) is 0 Å². The lowest BCUT2D eigenvalue weighted by atomic mass is 9.95. The van der Waals surface area contributed by atoms with Crippen LogP contribution in [-0.4, -0.2) is 68.3 Å². The van der Waals surface area contributed by atoms with E-state index in [0.29, 0.717) is 26.4 Å². The molecule has 0 aromatic heterocycles. The fraction of sp³-hybridized carbons (Fsp3) is 1.00. The second kappa shape index (κ2) is 10.7. The van der Waals surface area contributed by atoms with Gasteiger partial charge in [-0.1, -0.05) is 0 Å². The highest BCUT2D eigenvalue weighted by Crippen LogP contribution is 2.27. The Morgan fingerprint density at radius 3 is 2.29 bits per heavy atom. The summed E-state index contributed by atoms with van der Waals surface area (Å²) < 4.78 is 27.1. The molecule has 0 amide bonds. The van der Waals surface area contributed by atoms with Crippen molar-refractivity contribution in [1.29, 1.82) is 0 Å². The highest BCUT2D eigenvalue weighted by molar-refractivity contribution is 4.77. The number of ether oxygens (including phenoxy) is 5. The summed E-state index contributed by atoms with van der Waals surface area (Å²) in [6, 6.07) is 0. The minimum Gasteiger partial charge on any atom is -0.394 e. The quantitative estimate of drug-likeness (QED) is 0.713. The van der Waals surface area contributed by atoms with Crippen molar-refractivity contribution in [3.63, 3.8) is 0 Å². The third-order valence-electron chi connectivity index (χ3n) is 3.91. The van der Waals surface area contributed by atoms with Crippen LogP contribution < -0.4 is 0 Å². The second-order valence-electron chi connectivity index (χ2n) is 7.30. The van der Waals surface area contributed by atoms with Gasteiger partial charge >= 0.3 is 0 Å². The molecule has 0 radical (unpaired) electrons. The predicted molar refractivity (Wildman–Crippen MR) is 92.1 cm³/mol. The van der Waals surface area contributed by atoms with Crippen LogP contribution in [0.15, 0.2) is 0 Å². The SMILES string of the molecule is CC1(C)CCCC(COCCO)O1.CCOCC1COC(C)(C)O1. The molecule has 2 rings (SSSR count). The van der Waals surface area contributed by atoms with Crippen LogP contribution >= 0.6 is 0 Å². The van der Waals surface area contributed by atoms with E-state index in [-0.39, 0.29) is 24.4 Å². The lowest BCUT2D eigenvalue weighted by Crippen LogP contribution is -2.37. The van der Waals surface area contributed by atoms with E-state index in [1.807, 2.05) is 20.8 Å². The molecule has 2 atom stereocenters. The molecule has 6 heteroatoms. The molecule has 0 aromatic rings. The Morgan fingerprint density at radius 1 is 1.04 bits per heavy atom. The first-order valence-electron chi connectivity index (χ1n) is 9.04. The second-order valence-corrected chi connectivity index (χ2v) is 7.30. The molecule has 2 heterocycles. The molecule has 0 spiro atoms. The van der Waals surface area contributed by atoms with Gasteiger partial charge in [0.1, 0.15) is 6.10 Å². The van der Waals surface area contributed by atoms with Crippen molar-refractivity contribution in [3.05, 3.63) is 0 Å². The van der Waals surface area contributed by atoms with Gasteiger partial charge in [-0.15, -0.1) is 0 Å². The summed E-state index contributed by atoms with van der Waals surface area (Å²) in [5.41, 5.74) is 0.00545. The highest BCUT2D eigenvalue weighted by Gasteiger charge is 2.32. The minimum absolute atomic E-state index is 0.00545. The fourth-order valence-corrected chi connectivity index (χ4v) is 2.82. The Hall–Kier alpha value is -0.240. The van der Waals surface area contributed by atoms with Gasteiger partial charge in [0.05, 0.1) is 44.7 Å². The van der Waals surface area contributed by atoms with Gasteiger partial charge in [0.2, 0.25) is 0 Å². The monoisotopic (exact) mass is 348 g/mol. The molecular weight excluding hydrogens is 312 g/mol. The maximum absolute atomic E-state index is 8.53. The van der Waals surface area contributed by atoms with Crippen molar-refractivity contribution < 1.29 is 28.8 Å². The van der Waals surface area contributed by atoms with Gasteiger partial charge in [0, 0.05) is 6.61 Å². The van der Waals surface area contributed by atoms with Crippen molar-refractivity contribution in [2.24, 2.45) is 0 Å². The first-order valence-corrected chi connectivity index (χ1v) is 9.04. The molecule has 2 saturated heterocycles. The lowest BCUT2D eigenvalue weighted by molar-refractivity contribution is -0.144. The highest BCUT2D eigenvalue weighted by atomic mass is 16.7. The summed E-state index contributed by atoms with van der Waals surface area (Å²) >= 11 is 0. The molecule has 0 bridgehead atoms. The predicted octanol–water partition coefficient (Wildman–Crippen LogP) is 2.52. The number of aliphatic hydroxyl groups is 1. The smallest absolute Gasteiger partial charge is 0.163 e. The minimum atomic E-state index is -0.415. The Labute approximate surface area is 146 Å². The molecule has 2 fully saturated rings. The maximum Gasteiger partial charge on any atom is 0.163 e. The van der Waals surface area contributed by atoms with Gasteiger partial charge in [-0.3, -0.25) is 0 Å². The summed E-state index contributed by atoms with van der Waals surface area (Å²) in [5, 5.41) is 8.53. The first-order chi connectivity index (χ1) is 11.3. The van der Waals surface area contributed by atoms with Crippen LogP contribution in [0.2, 0.25) is 0 Å². The third kappa shape index (κ3) is 9.30. The van der Waals surface area contributed by atoms with E-state index in [1.54, 1.807) is 0 Å². The normalized spacial score (nSPS) is 28.2. The molecule has 6 nitrogen and oxygen atoms in total. The van der Waals surface area contributed by atoms with Crippen LogP contribution in [0.25, 0.3) is 0 Å². The van der Waals surface area contributed by atoms with Crippen LogP contribution in [0.3, 0.4) is 0 Å². The standard InChI is InChI=1S/C10H20O3.C8H16O3/c1-10(2)5-3-4-9(13-10)8-12-7-6-11;1-4-9-5-7-6-10-8(2,3)11-7/h9,11H,3-8H2,1-2H3;7H,4-6H2,1-3H3. The Morgan fingerprint density at radius 2 is 1.75 bits per heavy atom.